The zero-order chi connectivity index (χ0) is 9.78. The van der Waals surface area contributed by atoms with E-state index in [0.717, 1.165) is 6.42 Å². The highest BCUT2D eigenvalue weighted by Gasteiger charge is 2.28. The summed E-state index contributed by atoms with van der Waals surface area (Å²) in [5, 5.41) is 8.62. The van der Waals surface area contributed by atoms with Gasteiger partial charge in [0.1, 0.15) is 5.54 Å². The number of aliphatic carboxylic acids is 1. The first-order chi connectivity index (χ1) is 5.40. The van der Waals surface area contributed by atoms with Gasteiger partial charge in [0.05, 0.1) is 12.7 Å². The Labute approximate surface area is 72.7 Å². The van der Waals surface area contributed by atoms with Crippen molar-refractivity contribution in [3.63, 3.8) is 0 Å². The molecule has 4 heteroatoms. The minimum Gasteiger partial charge on any atom is -0.480 e. The molecule has 0 aromatic heterocycles. The van der Waals surface area contributed by atoms with Crippen LogP contribution in [0.15, 0.2) is 0 Å². The van der Waals surface area contributed by atoms with Gasteiger partial charge in [0.15, 0.2) is 0 Å². The van der Waals surface area contributed by atoms with Crippen LogP contribution in [0.3, 0.4) is 0 Å². The van der Waals surface area contributed by atoms with Crippen LogP contribution in [0.4, 0.5) is 0 Å². The minimum atomic E-state index is -1.27. The largest absolute Gasteiger partial charge is 0.480 e. The molecule has 0 aliphatic heterocycles. The van der Waals surface area contributed by atoms with Gasteiger partial charge in [0.2, 0.25) is 0 Å². The average Bonchev–Trinajstić information content (AvgIpc) is 2.00. The maximum atomic E-state index is 10.5. The van der Waals surface area contributed by atoms with Crippen molar-refractivity contribution in [1.82, 2.24) is 0 Å². The normalized spacial score (nSPS) is 18.3. The van der Waals surface area contributed by atoms with E-state index in [1.807, 2.05) is 13.8 Å². The molecule has 0 radical (unpaired) electrons. The van der Waals surface area contributed by atoms with Crippen molar-refractivity contribution in [3.05, 3.63) is 0 Å². The van der Waals surface area contributed by atoms with Crippen LogP contribution < -0.4 is 5.73 Å². The molecule has 0 aromatic rings. The van der Waals surface area contributed by atoms with E-state index in [0.29, 0.717) is 0 Å². The number of nitrogens with two attached hydrogens (primary N) is 1. The summed E-state index contributed by atoms with van der Waals surface area (Å²) < 4.78 is 5.21. The van der Waals surface area contributed by atoms with Gasteiger partial charge in [-0.3, -0.25) is 4.79 Å². The van der Waals surface area contributed by atoms with E-state index in [1.165, 1.54) is 6.92 Å². The third-order valence-corrected chi connectivity index (χ3v) is 1.73. The summed E-state index contributed by atoms with van der Waals surface area (Å²) in [5.41, 5.74) is 4.16. The van der Waals surface area contributed by atoms with Gasteiger partial charge in [-0.05, 0) is 20.3 Å². The molecule has 0 fully saturated rings. The SMILES string of the molecule is CCC(C)OCC(C)(N)C(=O)O. The van der Waals surface area contributed by atoms with E-state index in [9.17, 15) is 4.79 Å². The van der Waals surface area contributed by atoms with E-state index in [2.05, 4.69) is 0 Å². The molecule has 0 saturated heterocycles. The molecule has 0 aliphatic carbocycles. The summed E-state index contributed by atoms with van der Waals surface area (Å²) >= 11 is 0. The van der Waals surface area contributed by atoms with Gasteiger partial charge in [-0.2, -0.15) is 0 Å². The van der Waals surface area contributed by atoms with Gasteiger partial charge >= 0.3 is 5.97 Å². The van der Waals surface area contributed by atoms with Gasteiger partial charge in [-0.25, -0.2) is 0 Å². The van der Waals surface area contributed by atoms with Crippen molar-refractivity contribution in [3.8, 4) is 0 Å². The Morgan fingerprint density at radius 3 is 2.58 bits per heavy atom. The predicted octanol–water partition coefficient (Wildman–Crippen LogP) is 0.603. The number of carbonyl (C=O) groups is 1. The van der Waals surface area contributed by atoms with E-state index in [4.69, 9.17) is 15.6 Å². The molecule has 0 rings (SSSR count). The highest BCUT2D eigenvalue weighted by Crippen LogP contribution is 2.04. The summed E-state index contributed by atoms with van der Waals surface area (Å²) in [6.45, 7) is 5.35. The van der Waals surface area contributed by atoms with Crippen molar-refractivity contribution in [2.45, 2.75) is 38.8 Å². The average molecular weight is 175 g/mol. The van der Waals surface area contributed by atoms with E-state index in [-0.39, 0.29) is 12.7 Å². The first-order valence-electron chi connectivity index (χ1n) is 4.04. The second-order valence-electron chi connectivity index (χ2n) is 3.25. The zero-order valence-electron chi connectivity index (χ0n) is 7.83. The van der Waals surface area contributed by atoms with E-state index >= 15 is 0 Å². The smallest absolute Gasteiger partial charge is 0.325 e. The molecule has 0 aliphatic rings. The Morgan fingerprint density at radius 2 is 2.25 bits per heavy atom. The number of hydrogen-bond donors (Lipinski definition) is 2. The molecule has 3 N–H and O–H groups in total. The molecule has 0 heterocycles. The Hall–Kier alpha value is -0.610. The van der Waals surface area contributed by atoms with Crippen molar-refractivity contribution in [2.24, 2.45) is 5.73 Å². The fourth-order valence-electron chi connectivity index (χ4n) is 0.495. The number of carboxylic acid groups (broad SMARTS) is 1. The topological polar surface area (TPSA) is 72.5 Å². The molecular weight excluding hydrogens is 158 g/mol. The lowest BCUT2D eigenvalue weighted by Crippen LogP contribution is -2.49. The fourth-order valence-corrected chi connectivity index (χ4v) is 0.495. The monoisotopic (exact) mass is 175 g/mol. The molecular formula is C8H17NO3. The lowest BCUT2D eigenvalue weighted by Gasteiger charge is -2.21. The Bertz CT molecular complexity index is 156. The molecule has 0 aromatic carbocycles. The summed E-state index contributed by atoms with van der Waals surface area (Å²) in [4.78, 5) is 10.5. The van der Waals surface area contributed by atoms with Gasteiger partial charge in [-0.15, -0.1) is 0 Å². The van der Waals surface area contributed by atoms with Crippen LogP contribution in [0, 0.1) is 0 Å². The molecule has 0 bridgehead atoms. The second-order valence-corrected chi connectivity index (χ2v) is 3.25. The van der Waals surface area contributed by atoms with Crippen LogP contribution in [0.25, 0.3) is 0 Å². The molecule has 0 amide bonds. The summed E-state index contributed by atoms with van der Waals surface area (Å²) in [6, 6.07) is 0. The third-order valence-electron chi connectivity index (χ3n) is 1.73. The Balaban J connectivity index is 3.83. The lowest BCUT2D eigenvalue weighted by atomic mass is 10.1. The van der Waals surface area contributed by atoms with Crippen LogP contribution in [-0.2, 0) is 9.53 Å². The van der Waals surface area contributed by atoms with Crippen LogP contribution >= 0.6 is 0 Å². The van der Waals surface area contributed by atoms with Gasteiger partial charge < -0.3 is 15.6 Å². The van der Waals surface area contributed by atoms with Gasteiger partial charge in [-0.1, -0.05) is 6.92 Å². The van der Waals surface area contributed by atoms with Gasteiger partial charge in [0, 0.05) is 0 Å². The summed E-state index contributed by atoms with van der Waals surface area (Å²) in [6.07, 6.45) is 0.919. The third kappa shape index (κ3) is 3.69. The van der Waals surface area contributed by atoms with Gasteiger partial charge in [0.25, 0.3) is 0 Å². The quantitative estimate of drug-likeness (QED) is 0.642. The molecule has 2 atom stereocenters. The zero-order valence-corrected chi connectivity index (χ0v) is 7.83. The maximum absolute atomic E-state index is 10.5. The Morgan fingerprint density at radius 1 is 1.75 bits per heavy atom. The Kier molecular flexibility index (Phi) is 4.20. The second kappa shape index (κ2) is 4.42. The van der Waals surface area contributed by atoms with Crippen LogP contribution in [-0.4, -0.2) is 29.3 Å². The number of carboxylic acids is 1. The summed E-state index contributed by atoms with van der Waals surface area (Å²) in [7, 11) is 0. The molecule has 4 nitrogen and oxygen atoms in total. The molecule has 72 valence electrons. The molecule has 2 unspecified atom stereocenters. The fraction of sp³-hybridized carbons (Fsp3) is 0.875. The van der Waals surface area contributed by atoms with E-state index < -0.39 is 11.5 Å². The van der Waals surface area contributed by atoms with Crippen molar-refractivity contribution >= 4 is 5.97 Å². The summed E-state index contributed by atoms with van der Waals surface area (Å²) in [5.74, 6) is -1.04. The first kappa shape index (κ1) is 11.4. The standard InChI is InChI=1S/C8H17NO3/c1-4-6(2)12-5-8(3,9)7(10)11/h6H,4-5,9H2,1-3H3,(H,10,11). The molecule has 0 spiro atoms. The lowest BCUT2D eigenvalue weighted by molar-refractivity contribution is -0.145. The van der Waals surface area contributed by atoms with E-state index in [1.54, 1.807) is 0 Å². The number of rotatable bonds is 5. The number of ether oxygens (including phenoxy) is 1. The van der Waals surface area contributed by atoms with Crippen molar-refractivity contribution in [1.29, 1.82) is 0 Å². The number of hydrogen-bond acceptors (Lipinski definition) is 3. The van der Waals surface area contributed by atoms with Crippen LogP contribution in [0.1, 0.15) is 27.2 Å². The van der Waals surface area contributed by atoms with Crippen LogP contribution in [0.5, 0.6) is 0 Å². The highest BCUT2D eigenvalue weighted by molar-refractivity contribution is 5.77. The van der Waals surface area contributed by atoms with Crippen molar-refractivity contribution < 1.29 is 14.6 Å². The highest BCUT2D eigenvalue weighted by atomic mass is 16.5. The molecule has 12 heavy (non-hydrogen) atoms. The predicted molar refractivity (Wildman–Crippen MR) is 45.9 cm³/mol. The molecule has 0 saturated carbocycles. The maximum Gasteiger partial charge on any atom is 0.325 e. The minimum absolute atomic E-state index is 0.0529. The van der Waals surface area contributed by atoms with Crippen LogP contribution in [0.2, 0.25) is 0 Å². The first-order valence-corrected chi connectivity index (χ1v) is 4.04. The van der Waals surface area contributed by atoms with Crippen molar-refractivity contribution in [2.75, 3.05) is 6.61 Å².